The van der Waals surface area contributed by atoms with Crippen LogP contribution >= 0.6 is 11.5 Å². The van der Waals surface area contributed by atoms with E-state index in [1.807, 2.05) is 0 Å². The lowest BCUT2D eigenvalue weighted by atomic mass is 9.96. The van der Waals surface area contributed by atoms with Gasteiger partial charge in [0.25, 0.3) is 0 Å². The van der Waals surface area contributed by atoms with Crippen molar-refractivity contribution in [2.75, 3.05) is 5.32 Å². The van der Waals surface area contributed by atoms with Crippen molar-refractivity contribution in [3.8, 4) is 0 Å². The van der Waals surface area contributed by atoms with Crippen LogP contribution in [0.25, 0.3) is 0 Å². The monoisotopic (exact) mass is 295 g/mol. The smallest absolute Gasteiger partial charge is 0.202 e. The molecule has 2 N–H and O–H groups in total. The summed E-state index contributed by atoms with van der Waals surface area (Å²) in [4.78, 5) is 4.43. The first-order chi connectivity index (χ1) is 9.40. The second-order valence-electron chi connectivity index (χ2n) is 5.61. The molecule has 0 aliphatic carbocycles. The van der Waals surface area contributed by atoms with Gasteiger partial charge in [0, 0.05) is 29.1 Å². The van der Waals surface area contributed by atoms with Gasteiger partial charge >= 0.3 is 0 Å². The van der Waals surface area contributed by atoms with Gasteiger partial charge in [-0.1, -0.05) is 26.8 Å². The predicted molar refractivity (Wildman–Crippen MR) is 78.3 cm³/mol. The maximum absolute atomic E-state index is 13.3. The highest BCUT2D eigenvalue weighted by Crippen LogP contribution is 2.23. The molecule has 0 spiro atoms. The number of rotatable bonds is 4. The largest absolute Gasteiger partial charge is 0.392 e. The summed E-state index contributed by atoms with van der Waals surface area (Å²) in [6, 6.07) is 4.70. The number of anilines is 1. The Morgan fingerprint density at radius 1 is 1.35 bits per heavy atom. The number of aliphatic hydroxyl groups is 1. The van der Waals surface area contributed by atoms with Crippen LogP contribution in [0.2, 0.25) is 0 Å². The molecule has 1 aromatic carbocycles. The summed E-state index contributed by atoms with van der Waals surface area (Å²) >= 11 is 1.31. The molecule has 0 amide bonds. The highest BCUT2D eigenvalue weighted by Gasteiger charge is 2.19. The second kappa shape index (κ2) is 5.85. The molecule has 0 bridgehead atoms. The first kappa shape index (κ1) is 14.9. The van der Waals surface area contributed by atoms with E-state index in [4.69, 9.17) is 5.11 Å². The average molecular weight is 295 g/mol. The summed E-state index contributed by atoms with van der Waals surface area (Å²) < 4.78 is 17.6. The normalized spacial score (nSPS) is 11.7. The number of halogens is 1. The molecule has 108 valence electrons. The molecule has 0 fully saturated rings. The molecule has 1 aromatic heterocycles. The van der Waals surface area contributed by atoms with Gasteiger partial charge in [-0.2, -0.15) is 4.37 Å². The van der Waals surface area contributed by atoms with Crippen LogP contribution in [0.4, 0.5) is 9.52 Å². The van der Waals surface area contributed by atoms with E-state index in [1.54, 1.807) is 12.1 Å². The molecule has 2 aromatic rings. The topological polar surface area (TPSA) is 58.0 Å². The zero-order chi connectivity index (χ0) is 14.8. The average Bonchev–Trinajstić information content (AvgIpc) is 2.86. The van der Waals surface area contributed by atoms with Crippen molar-refractivity contribution >= 4 is 16.7 Å². The molecule has 20 heavy (non-hydrogen) atoms. The first-order valence-electron chi connectivity index (χ1n) is 6.36. The fourth-order valence-electron chi connectivity index (χ4n) is 1.64. The van der Waals surface area contributed by atoms with E-state index in [9.17, 15) is 4.39 Å². The summed E-state index contributed by atoms with van der Waals surface area (Å²) in [5, 5.41) is 12.9. The second-order valence-corrected chi connectivity index (χ2v) is 6.36. The SMILES string of the molecule is CC(C)(C)c1nsc(NCc2ccc(F)c(CO)c2)n1. The third kappa shape index (κ3) is 3.52. The molecule has 1 heterocycles. The molecule has 0 atom stereocenters. The van der Waals surface area contributed by atoms with Crippen LogP contribution in [0.3, 0.4) is 0 Å². The molecule has 0 unspecified atom stereocenters. The summed E-state index contributed by atoms with van der Waals surface area (Å²) in [5.74, 6) is 0.419. The standard InChI is InChI=1S/C14H18FN3OS/c1-14(2,3)12-17-13(20-18-12)16-7-9-4-5-11(15)10(6-9)8-19/h4-6,19H,7-8H2,1-3H3,(H,16,17,18). The van der Waals surface area contributed by atoms with Crippen molar-refractivity contribution in [1.29, 1.82) is 0 Å². The van der Waals surface area contributed by atoms with Crippen molar-refractivity contribution in [3.05, 3.63) is 41.0 Å². The highest BCUT2D eigenvalue weighted by molar-refractivity contribution is 7.09. The van der Waals surface area contributed by atoms with Gasteiger partial charge in [0.05, 0.1) is 6.61 Å². The maximum Gasteiger partial charge on any atom is 0.202 e. The lowest BCUT2D eigenvalue weighted by Gasteiger charge is -2.12. The number of benzene rings is 1. The third-order valence-corrected chi connectivity index (χ3v) is 3.49. The van der Waals surface area contributed by atoms with Crippen molar-refractivity contribution in [2.45, 2.75) is 39.3 Å². The van der Waals surface area contributed by atoms with Gasteiger partial charge in [0.1, 0.15) is 11.6 Å². The Morgan fingerprint density at radius 2 is 2.10 bits per heavy atom. The Labute approximate surface area is 121 Å². The zero-order valence-corrected chi connectivity index (χ0v) is 12.6. The van der Waals surface area contributed by atoms with E-state index >= 15 is 0 Å². The Kier molecular flexibility index (Phi) is 4.35. The van der Waals surface area contributed by atoms with Crippen LogP contribution < -0.4 is 5.32 Å². The molecule has 0 aliphatic rings. The van der Waals surface area contributed by atoms with Crippen molar-refractivity contribution in [3.63, 3.8) is 0 Å². The van der Waals surface area contributed by atoms with Gasteiger partial charge < -0.3 is 10.4 Å². The van der Waals surface area contributed by atoms with Gasteiger partial charge in [-0.05, 0) is 17.7 Å². The molecule has 4 nitrogen and oxygen atoms in total. The summed E-state index contributed by atoms with van der Waals surface area (Å²) in [5.41, 5.74) is 1.12. The lowest BCUT2D eigenvalue weighted by Crippen LogP contribution is -2.13. The van der Waals surface area contributed by atoms with E-state index in [1.165, 1.54) is 17.6 Å². The summed E-state index contributed by atoms with van der Waals surface area (Å²) in [6.07, 6.45) is 0. The van der Waals surface area contributed by atoms with E-state index in [0.29, 0.717) is 12.1 Å². The predicted octanol–water partition coefficient (Wildman–Crippen LogP) is 3.08. The van der Waals surface area contributed by atoms with Crippen molar-refractivity contribution in [2.24, 2.45) is 0 Å². The number of hydrogen-bond acceptors (Lipinski definition) is 5. The van der Waals surface area contributed by atoms with Gasteiger partial charge in [-0.25, -0.2) is 9.37 Å². The Balaban J connectivity index is 2.04. The molecule has 0 aliphatic heterocycles. The Morgan fingerprint density at radius 3 is 2.70 bits per heavy atom. The number of nitrogens with one attached hydrogen (secondary N) is 1. The molecular weight excluding hydrogens is 277 g/mol. The molecule has 0 saturated carbocycles. The Hall–Kier alpha value is -1.53. The third-order valence-electron chi connectivity index (χ3n) is 2.82. The van der Waals surface area contributed by atoms with E-state index in [-0.39, 0.29) is 17.8 Å². The number of hydrogen-bond donors (Lipinski definition) is 2. The fraction of sp³-hybridized carbons (Fsp3) is 0.429. The lowest BCUT2D eigenvalue weighted by molar-refractivity contribution is 0.275. The molecule has 0 radical (unpaired) electrons. The van der Waals surface area contributed by atoms with Gasteiger partial charge in [-0.15, -0.1) is 0 Å². The van der Waals surface area contributed by atoms with Crippen LogP contribution in [0.15, 0.2) is 18.2 Å². The minimum Gasteiger partial charge on any atom is -0.392 e. The number of nitrogens with zero attached hydrogens (tertiary/aromatic N) is 2. The highest BCUT2D eigenvalue weighted by atomic mass is 32.1. The van der Waals surface area contributed by atoms with E-state index in [2.05, 4.69) is 35.4 Å². The van der Waals surface area contributed by atoms with Crippen molar-refractivity contribution in [1.82, 2.24) is 9.36 Å². The number of aromatic nitrogens is 2. The van der Waals surface area contributed by atoms with Gasteiger partial charge in [-0.3, -0.25) is 0 Å². The van der Waals surface area contributed by atoms with Crippen LogP contribution in [0, 0.1) is 5.82 Å². The molecule has 6 heteroatoms. The molecule has 2 rings (SSSR count). The molecular formula is C14H18FN3OS. The molecule has 0 saturated heterocycles. The van der Waals surface area contributed by atoms with E-state index in [0.717, 1.165) is 16.5 Å². The van der Waals surface area contributed by atoms with Crippen LogP contribution in [-0.4, -0.2) is 14.5 Å². The van der Waals surface area contributed by atoms with Gasteiger partial charge in [0.2, 0.25) is 5.13 Å². The van der Waals surface area contributed by atoms with Crippen LogP contribution in [0.5, 0.6) is 0 Å². The van der Waals surface area contributed by atoms with Crippen LogP contribution in [-0.2, 0) is 18.6 Å². The van der Waals surface area contributed by atoms with Crippen LogP contribution in [0.1, 0.15) is 37.7 Å². The van der Waals surface area contributed by atoms with Gasteiger partial charge in [0.15, 0.2) is 0 Å². The Bertz CT molecular complexity index is 592. The number of aliphatic hydroxyl groups excluding tert-OH is 1. The van der Waals surface area contributed by atoms with E-state index < -0.39 is 0 Å². The first-order valence-corrected chi connectivity index (χ1v) is 7.13. The summed E-state index contributed by atoms with van der Waals surface area (Å²) in [7, 11) is 0. The fourth-order valence-corrected chi connectivity index (χ4v) is 2.39. The maximum atomic E-state index is 13.3. The zero-order valence-electron chi connectivity index (χ0n) is 11.8. The quantitative estimate of drug-likeness (QED) is 0.910. The summed E-state index contributed by atoms with van der Waals surface area (Å²) in [6.45, 7) is 6.41. The minimum absolute atomic E-state index is 0.0731. The minimum atomic E-state index is -0.387. The van der Waals surface area contributed by atoms with Crippen molar-refractivity contribution < 1.29 is 9.50 Å².